The molecule has 2 unspecified atom stereocenters. The molecule has 1 aliphatic rings. The molecule has 0 N–H and O–H groups in total. The normalized spacial score (nSPS) is 24.3. The molecule has 8 heteroatoms. The minimum absolute atomic E-state index is 0.677. The summed E-state index contributed by atoms with van der Waals surface area (Å²) in [5.41, 5.74) is 2.98. The Kier molecular flexibility index (Phi) is 6.12. The Morgan fingerprint density at radius 1 is 1.04 bits per heavy atom. The molecule has 1 aliphatic heterocycles. The van der Waals surface area contributed by atoms with Crippen molar-refractivity contribution in [1.82, 2.24) is 0 Å². The van der Waals surface area contributed by atoms with E-state index in [2.05, 4.69) is 38.1 Å². The molecular weight excluding hydrogens is 357 g/mol. The Morgan fingerprint density at radius 3 is 2.04 bits per heavy atom. The van der Waals surface area contributed by atoms with E-state index in [9.17, 15) is 25.2 Å². The third-order valence-corrected chi connectivity index (χ3v) is 6.42. The summed E-state index contributed by atoms with van der Waals surface area (Å²) in [7, 11) is -9.98. The van der Waals surface area contributed by atoms with Gasteiger partial charge in [0.25, 0.3) is 0 Å². The Morgan fingerprint density at radius 2 is 1.57 bits per heavy atom. The van der Waals surface area contributed by atoms with Gasteiger partial charge in [0.1, 0.15) is 16.8 Å². The average molecular weight is 380 g/mol. The first kappa shape index (κ1) is 20.6. The fraction of sp³-hybridized carbons (Fsp3) is 0.600. The molecule has 1 heterocycles. The average Bonchev–Trinajstić information content (AvgIpc) is 2.82. The van der Waals surface area contributed by atoms with Crippen LogP contribution in [0.4, 0.5) is 25.2 Å². The molecule has 0 nitrogen and oxygen atoms in total. The first-order valence-corrected chi connectivity index (χ1v) is 11.2. The molecule has 0 aliphatic carbocycles. The maximum absolute atomic E-state index is 10.7. The van der Waals surface area contributed by atoms with Crippen molar-refractivity contribution >= 4 is 18.7 Å². The van der Waals surface area contributed by atoms with Crippen LogP contribution < -0.4 is 0 Å². The molecule has 0 aromatic heterocycles. The predicted octanol–water partition coefficient (Wildman–Crippen LogP) is 7.63. The molecule has 1 aromatic rings. The van der Waals surface area contributed by atoms with E-state index < -0.39 is 7.81 Å². The third-order valence-electron chi connectivity index (χ3n) is 3.48. The van der Waals surface area contributed by atoms with Gasteiger partial charge in [-0.3, -0.25) is 0 Å². The van der Waals surface area contributed by atoms with Crippen molar-refractivity contribution in [2.75, 3.05) is 11.5 Å². The van der Waals surface area contributed by atoms with Crippen molar-refractivity contribution in [3.05, 3.63) is 35.4 Å². The van der Waals surface area contributed by atoms with Crippen molar-refractivity contribution in [2.24, 2.45) is 0 Å². The molecule has 1 saturated heterocycles. The number of unbranched alkanes of at least 4 members (excludes halogenated alkanes) is 1. The number of halogens is 6. The van der Waals surface area contributed by atoms with Crippen LogP contribution in [0.1, 0.15) is 49.0 Å². The van der Waals surface area contributed by atoms with Gasteiger partial charge in [0, 0.05) is 12.0 Å². The van der Waals surface area contributed by atoms with Gasteiger partial charge in [0.15, 0.2) is 0 Å². The zero-order valence-corrected chi connectivity index (χ0v) is 15.0. The number of aryl methyl sites for hydroxylation is 1. The molecule has 0 amide bonds. The summed E-state index contributed by atoms with van der Waals surface area (Å²) in [5.74, 6) is 2.95. The SMILES string of the molecule is CCCC[S+]1CCCC1c1ccc(C)cc1.F[P-](F)(F)(F)(F)F. The second-order valence-corrected chi connectivity index (χ2v) is 10.2. The molecule has 2 rings (SSSR count). The van der Waals surface area contributed by atoms with Gasteiger partial charge in [0.05, 0.1) is 0 Å². The van der Waals surface area contributed by atoms with E-state index in [0.717, 1.165) is 5.25 Å². The summed E-state index contributed by atoms with van der Waals surface area (Å²) < 4.78 is 59.2. The van der Waals surface area contributed by atoms with Gasteiger partial charge >= 0.3 is 33.0 Å². The Hall–Kier alpha value is -0.420. The Balaban J connectivity index is 0.000000322. The summed E-state index contributed by atoms with van der Waals surface area (Å²) in [6.45, 7) is 4.48. The Labute approximate surface area is 136 Å². The second kappa shape index (κ2) is 6.83. The van der Waals surface area contributed by atoms with E-state index >= 15 is 0 Å². The third kappa shape index (κ3) is 10.9. The van der Waals surface area contributed by atoms with Crippen LogP contribution >= 0.6 is 7.81 Å². The zero-order chi connectivity index (χ0) is 17.8. The van der Waals surface area contributed by atoms with Crippen LogP contribution in [-0.4, -0.2) is 11.5 Å². The van der Waals surface area contributed by atoms with Crippen molar-refractivity contribution < 1.29 is 25.2 Å². The number of benzene rings is 1. The fourth-order valence-electron chi connectivity index (χ4n) is 2.48. The molecular formula is C15H23F6PS. The van der Waals surface area contributed by atoms with Gasteiger partial charge in [0.2, 0.25) is 0 Å². The summed E-state index contributed by atoms with van der Waals surface area (Å²) in [6.07, 6.45) is 5.65. The molecule has 2 atom stereocenters. The standard InChI is InChI=1S/C15H23S.F6P/c1-3-4-11-16-12-5-6-15(16)14-9-7-13(2)8-10-14;1-7(2,3,4,5)6/h7-10,15H,3-6,11-12H2,1-2H3;/q+1;-1. The number of hydrogen-bond acceptors (Lipinski definition) is 0. The van der Waals surface area contributed by atoms with Crippen LogP contribution in [0, 0.1) is 6.92 Å². The number of hydrogen-bond donors (Lipinski definition) is 0. The van der Waals surface area contributed by atoms with Gasteiger partial charge in [-0.2, -0.15) is 0 Å². The molecule has 136 valence electrons. The van der Waals surface area contributed by atoms with E-state index in [0.29, 0.717) is 10.9 Å². The van der Waals surface area contributed by atoms with Gasteiger partial charge in [-0.1, -0.05) is 43.2 Å². The van der Waals surface area contributed by atoms with Crippen molar-refractivity contribution in [3.63, 3.8) is 0 Å². The molecule has 0 saturated carbocycles. The van der Waals surface area contributed by atoms with E-state index in [4.69, 9.17) is 0 Å². The van der Waals surface area contributed by atoms with Gasteiger partial charge < -0.3 is 0 Å². The molecule has 1 aromatic carbocycles. The van der Waals surface area contributed by atoms with Crippen molar-refractivity contribution in [3.8, 4) is 0 Å². The van der Waals surface area contributed by atoms with Crippen molar-refractivity contribution in [2.45, 2.75) is 44.8 Å². The summed E-state index contributed by atoms with van der Waals surface area (Å²) in [6, 6.07) is 9.26. The van der Waals surface area contributed by atoms with Gasteiger partial charge in [-0.25, -0.2) is 0 Å². The van der Waals surface area contributed by atoms with E-state index in [1.165, 1.54) is 42.8 Å². The van der Waals surface area contributed by atoms with Crippen LogP contribution in [0.2, 0.25) is 0 Å². The molecule has 0 spiro atoms. The minimum atomic E-state index is -10.7. The van der Waals surface area contributed by atoms with Crippen LogP contribution in [0.25, 0.3) is 0 Å². The quantitative estimate of drug-likeness (QED) is 0.286. The first-order chi connectivity index (χ1) is 10.3. The van der Waals surface area contributed by atoms with Gasteiger partial charge in [-0.05, 0) is 30.7 Å². The predicted molar refractivity (Wildman–Crippen MR) is 88.7 cm³/mol. The van der Waals surface area contributed by atoms with E-state index in [1.807, 2.05) is 0 Å². The fourth-order valence-corrected chi connectivity index (χ4v) is 5.49. The molecule has 23 heavy (non-hydrogen) atoms. The van der Waals surface area contributed by atoms with Crippen LogP contribution in [0.5, 0.6) is 0 Å². The maximum atomic E-state index is 9.87. The molecule has 1 fully saturated rings. The van der Waals surface area contributed by atoms with Crippen LogP contribution in [0.3, 0.4) is 0 Å². The summed E-state index contributed by atoms with van der Waals surface area (Å²) >= 11 is 0. The summed E-state index contributed by atoms with van der Waals surface area (Å²) in [5, 5.41) is 0.882. The molecule has 0 radical (unpaired) electrons. The summed E-state index contributed by atoms with van der Waals surface area (Å²) in [4.78, 5) is 0. The second-order valence-electron chi connectivity index (χ2n) is 5.80. The van der Waals surface area contributed by atoms with E-state index in [-0.39, 0.29) is 0 Å². The topological polar surface area (TPSA) is 0 Å². The zero-order valence-electron chi connectivity index (χ0n) is 13.3. The van der Waals surface area contributed by atoms with Crippen LogP contribution in [0.15, 0.2) is 24.3 Å². The number of rotatable bonds is 4. The van der Waals surface area contributed by atoms with Crippen LogP contribution in [-0.2, 0) is 10.9 Å². The molecule has 0 bridgehead atoms. The van der Waals surface area contributed by atoms with Crippen molar-refractivity contribution in [1.29, 1.82) is 0 Å². The van der Waals surface area contributed by atoms with E-state index in [1.54, 1.807) is 5.56 Å². The first-order valence-electron chi connectivity index (χ1n) is 7.55. The monoisotopic (exact) mass is 380 g/mol. The van der Waals surface area contributed by atoms with Gasteiger partial charge in [-0.15, -0.1) is 0 Å². The Bertz CT molecular complexity index is 485.